The average molecular weight is 569 g/mol. The first-order valence-electron chi connectivity index (χ1n) is 13.1. The largest absolute Gasteiger partial charge is 0.480 e. The first-order chi connectivity index (χ1) is 18.8. The number of carboxylic acid groups (broad SMARTS) is 1. The average Bonchev–Trinajstić information content (AvgIpc) is 2.90. The van der Waals surface area contributed by atoms with Crippen molar-refractivity contribution in [3.63, 3.8) is 0 Å². The molecule has 2 N–H and O–H groups in total. The summed E-state index contributed by atoms with van der Waals surface area (Å²) in [7, 11) is -4.05. The summed E-state index contributed by atoms with van der Waals surface area (Å²) < 4.78 is 34.7. The number of aromatic nitrogens is 2. The molecule has 2 aromatic heterocycles. The molecule has 0 saturated heterocycles. The number of carboxylic acids is 1. The number of carbonyl (C=O) groups is 2. The molecule has 0 aliphatic heterocycles. The maximum Gasteiger partial charge on any atom is 0.416 e. The third-order valence-electron chi connectivity index (χ3n) is 5.98. The van der Waals surface area contributed by atoms with Crippen LogP contribution in [0.2, 0.25) is 0 Å². The van der Waals surface area contributed by atoms with Crippen molar-refractivity contribution in [2.45, 2.75) is 70.6 Å². The lowest BCUT2D eigenvalue weighted by Crippen LogP contribution is -2.40. The fourth-order valence-corrected chi connectivity index (χ4v) is 5.31. The monoisotopic (exact) mass is 568 g/mol. The quantitative estimate of drug-likeness (QED) is 0.340. The Labute approximate surface area is 235 Å². The van der Waals surface area contributed by atoms with Crippen molar-refractivity contribution in [1.82, 2.24) is 14.7 Å². The second-order valence-corrected chi connectivity index (χ2v) is 11.9. The van der Waals surface area contributed by atoms with Gasteiger partial charge in [-0.05, 0) is 81.0 Å². The minimum absolute atomic E-state index is 0.0202. The van der Waals surface area contributed by atoms with Crippen molar-refractivity contribution in [2.75, 3.05) is 11.4 Å². The summed E-state index contributed by atoms with van der Waals surface area (Å²) in [5.41, 5.74) is 2.72. The number of anilines is 1. The zero-order valence-electron chi connectivity index (χ0n) is 23.4. The molecule has 0 radical (unpaired) electrons. The molecule has 214 valence electrons. The van der Waals surface area contributed by atoms with Gasteiger partial charge in [0.25, 0.3) is 10.0 Å². The second-order valence-electron chi connectivity index (χ2n) is 10.2. The molecule has 1 amide bonds. The Morgan fingerprint density at radius 1 is 1.02 bits per heavy atom. The Kier molecular flexibility index (Phi) is 9.99. The number of pyridine rings is 2. The zero-order valence-corrected chi connectivity index (χ0v) is 24.2. The summed E-state index contributed by atoms with van der Waals surface area (Å²) in [6, 6.07) is 14.5. The number of nitrogens with one attached hydrogen (secondary N) is 1. The van der Waals surface area contributed by atoms with Crippen LogP contribution in [0.3, 0.4) is 0 Å². The Bertz CT molecular complexity index is 1440. The third-order valence-corrected chi connectivity index (χ3v) is 7.37. The Morgan fingerprint density at radius 3 is 2.35 bits per heavy atom. The molecular formula is C29H36N4O6S. The van der Waals surface area contributed by atoms with Crippen LogP contribution in [0, 0.1) is 0 Å². The fraction of sp³-hybridized carbons (Fsp3) is 0.379. The molecule has 1 aromatic carbocycles. The van der Waals surface area contributed by atoms with Gasteiger partial charge in [-0.2, -0.15) is 0 Å². The number of carbonyl (C=O) groups excluding carboxylic acids is 1. The molecule has 10 nitrogen and oxygen atoms in total. The van der Waals surface area contributed by atoms with Gasteiger partial charge in [0.1, 0.15) is 18.0 Å². The van der Waals surface area contributed by atoms with Gasteiger partial charge in [0.2, 0.25) is 0 Å². The predicted molar refractivity (Wildman–Crippen MR) is 152 cm³/mol. The van der Waals surface area contributed by atoms with Crippen molar-refractivity contribution in [3.05, 3.63) is 83.2 Å². The topological polar surface area (TPSA) is 139 Å². The maximum absolute atomic E-state index is 13.3. The number of aliphatic carboxylic acids is 1. The van der Waals surface area contributed by atoms with E-state index in [1.165, 1.54) is 29.5 Å². The standard InChI is InChI=1S/C29H36N4O6S/c1-6-21-15-14-20(17-22(21)7-2)18-24(32-40(37,38)26-13-8-9-16-30-26)23-11-10-12-25(31-23)33(19-27(34)35)28(36)39-29(3,4)5/h8-17,24,32H,6-7,18-19H2,1-5H3,(H,34,35). The molecule has 0 bridgehead atoms. The van der Waals surface area contributed by atoms with Crippen LogP contribution in [0.25, 0.3) is 0 Å². The molecule has 0 fully saturated rings. The number of nitrogens with zero attached hydrogens (tertiary/aromatic N) is 3. The summed E-state index contributed by atoms with van der Waals surface area (Å²) >= 11 is 0. The first kappa shape index (κ1) is 30.7. The van der Waals surface area contributed by atoms with Crippen LogP contribution in [-0.2, 0) is 38.8 Å². The number of ether oxygens (including phenoxy) is 1. The molecule has 11 heteroatoms. The Balaban J connectivity index is 2.06. The Morgan fingerprint density at radius 2 is 1.75 bits per heavy atom. The van der Waals surface area contributed by atoms with Crippen molar-refractivity contribution < 1.29 is 27.9 Å². The first-order valence-corrected chi connectivity index (χ1v) is 14.5. The molecule has 2 heterocycles. The number of hydrogen-bond acceptors (Lipinski definition) is 7. The molecule has 0 aliphatic carbocycles. The summed E-state index contributed by atoms with van der Waals surface area (Å²) in [6.45, 7) is 8.48. The Hall–Kier alpha value is -3.83. The van der Waals surface area contributed by atoms with E-state index in [0.717, 1.165) is 23.3 Å². The minimum atomic E-state index is -4.05. The van der Waals surface area contributed by atoms with E-state index in [-0.39, 0.29) is 17.3 Å². The van der Waals surface area contributed by atoms with E-state index >= 15 is 0 Å². The molecule has 0 saturated carbocycles. The van der Waals surface area contributed by atoms with E-state index in [0.29, 0.717) is 5.69 Å². The van der Waals surface area contributed by atoms with Gasteiger partial charge >= 0.3 is 12.1 Å². The smallest absolute Gasteiger partial charge is 0.416 e. The van der Waals surface area contributed by atoms with Crippen molar-refractivity contribution in [1.29, 1.82) is 0 Å². The highest BCUT2D eigenvalue weighted by Crippen LogP contribution is 2.25. The van der Waals surface area contributed by atoms with E-state index in [2.05, 4.69) is 34.6 Å². The maximum atomic E-state index is 13.3. The van der Waals surface area contributed by atoms with Crippen LogP contribution in [0.5, 0.6) is 0 Å². The van der Waals surface area contributed by atoms with Gasteiger partial charge in [0.05, 0.1) is 11.7 Å². The van der Waals surface area contributed by atoms with Gasteiger partial charge in [-0.15, -0.1) is 0 Å². The molecule has 3 aromatic rings. The number of hydrogen-bond donors (Lipinski definition) is 2. The van der Waals surface area contributed by atoms with Gasteiger partial charge in [0.15, 0.2) is 5.03 Å². The molecule has 0 aliphatic rings. The van der Waals surface area contributed by atoms with Gasteiger partial charge in [-0.1, -0.05) is 44.2 Å². The lowest BCUT2D eigenvalue weighted by atomic mass is 9.96. The summed E-state index contributed by atoms with van der Waals surface area (Å²) in [5.74, 6) is -1.24. The van der Waals surface area contributed by atoms with E-state index in [4.69, 9.17) is 4.74 Å². The number of aryl methyl sites for hydroxylation is 2. The second kappa shape index (κ2) is 13.0. The summed E-state index contributed by atoms with van der Waals surface area (Å²) in [4.78, 5) is 33.9. The molecular weight excluding hydrogens is 532 g/mol. The number of amides is 1. The minimum Gasteiger partial charge on any atom is -0.480 e. The number of rotatable bonds is 11. The van der Waals surface area contributed by atoms with Crippen LogP contribution < -0.4 is 9.62 Å². The van der Waals surface area contributed by atoms with Crippen LogP contribution in [-0.4, -0.2) is 47.7 Å². The fourth-order valence-electron chi connectivity index (χ4n) is 4.15. The summed E-state index contributed by atoms with van der Waals surface area (Å²) in [5, 5.41) is 9.32. The molecule has 0 spiro atoms. The normalized spacial score (nSPS) is 12.5. The SMILES string of the molecule is CCc1ccc(CC(NS(=O)(=O)c2ccccn2)c2cccc(N(CC(=O)O)C(=O)OC(C)(C)C)n2)cc1CC. The predicted octanol–water partition coefficient (Wildman–Crippen LogP) is 4.69. The van der Waals surface area contributed by atoms with E-state index in [1.807, 2.05) is 12.1 Å². The van der Waals surface area contributed by atoms with E-state index in [1.54, 1.807) is 45.0 Å². The van der Waals surface area contributed by atoms with Crippen LogP contribution in [0.15, 0.2) is 65.8 Å². The highest BCUT2D eigenvalue weighted by molar-refractivity contribution is 7.89. The lowest BCUT2D eigenvalue weighted by molar-refractivity contribution is -0.135. The highest BCUT2D eigenvalue weighted by Gasteiger charge is 2.28. The van der Waals surface area contributed by atoms with Crippen LogP contribution in [0.1, 0.15) is 63.0 Å². The van der Waals surface area contributed by atoms with E-state index in [9.17, 15) is 23.1 Å². The van der Waals surface area contributed by atoms with E-state index < -0.39 is 40.3 Å². The number of benzene rings is 1. The van der Waals surface area contributed by atoms with Crippen LogP contribution in [0.4, 0.5) is 10.6 Å². The molecule has 40 heavy (non-hydrogen) atoms. The molecule has 1 unspecified atom stereocenters. The van der Waals surface area contributed by atoms with Crippen molar-refractivity contribution in [3.8, 4) is 0 Å². The van der Waals surface area contributed by atoms with Gasteiger partial charge in [0, 0.05) is 6.20 Å². The molecule has 1 atom stereocenters. The summed E-state index contributed by atoms with van der Waals surface area (Å²) in [6.07, 6.45) is 2.48. The van der Waals surface area contributed by atoms with Crippen molar-refractivity contribution >= 4 is 27.9 Å². The zero-order chi connectivity index (χ0) is 29.5. The highest BCUT2D eigenvalue weighted by atomic mass is 32.2. The number of sulfonamides is 1. The molecule has 3 rings (SSSR count). The third kappa shape index (κ3) is 8.33. The van der Waals surface area contributed by atoms with Gasteiger partial charge in [-0.3, -0.25) is 9.69 Å². The van der Waals surface area contributed by atoms with Crippen molar-refractivity contribution in [2.24, 2.45) is 0 Å². The van der Waals surface area contributed by atoms with Gasteiger partial charge in [-0.25, -0.2) is 27.9 Å². The van der Waals surface area contributed by atoms with Gasteiger partial charge < -0.3 is 9.84 Å². The lowest BCUT2D eigenvalue weighted by Gasteiger charge is -2.26. The van der Waals surface area contributed by atoms with Crippen LogP contribution >= 0.6 is 0 Å².